The Hall–Kier alpha value is -1.22. The fraction of sp³-hybridized carbons (Fsp3) is 0.778. The van der Waals surface area contributed by atoms with Gasteiger partial charge in [-0.1, -0.05) is 20.3 Å². The van der Waals surface area contributed by atoms with Gasteiger partial charge < -0.3 is 9.80 Å². The first-order valence-corrected chi connectivity index (χ1v) is 12.9. The van der Waals surface area contributed by atoms with Crippen molar-refractivity contribution in [1.29, 1.82) is 0 Å². The molecule has 0 aromatic heterocycles. The van der Waals surface area contributed by atoms with Gasteiger partial charge in [0.25, 0.3) is 0 Å². The van der Waals surface area contributed by atoms with Crippen molar-refractivity contribution in [2.45, 2.75) is 77.6 Å². The third kappa shape index (κ3) is 4.52. The molecule has 0 radical (unpaired) electrons. The molecule has 3 heteroatoms. The van der Waals surface area contributed by atoms with Gasteiger partial charge in [0.15, 0.2) is 0 Å². The summed E-state index contributed by atoms with van der Waals surface area (Å²) in [6.45, 7) is 13.7. The van der Waals surface area contributed by atoms with Crippen LogP contribution < -0.4 is 9.80 Å². The zero-order chi connectivity index (χ0) is 20.6. The van der Waals surface area contributed by atoms with Crippen LogP contribution in [0.2, 0.25) is 0 Å². The van der Waals surface area contributed by atoms with Gasteiger partial charge in [0, 0.05) is 57.2 Å². The molecule has 166 valence electrons. The summed E-state index contributed by atoms with van der Waals surface area (Å²) < 4.78 is 0. The molecule has 0 unspecified atom stereocenters. The largest absolute Gasteiger partial charge is 0.372 e. The zero-order valence-electron chi connectivity index (χ0n) is 19.5. The first-order chi connectivity index (χ1) is 14.6. The topological polar surface area (TPSA) is 9.72 Å². The quantitative estimate of drug-likeness (QED) is 0.600. The highest BCUT2D eigenvalue weighted by atomic mass is 15.3. The van der Waals surface area contributed by atoms with E-state index in [0.717, 1.165) is 11.8 Å². The van der Waals surface area contributed by atoms with Crippen LogP contribution in [-0.2, 0) is 0 Å². The highest BCUT2D eigenvalue weighted by Crippen LogP contribution is 2.46. The van der Waals surface area contributed by atoms with Crippen molar-refractivity contribution < 1.29 is 0 Å². The van der Waals surface area contributed by atoms with Crippen LogP contribution in [0.4, 0.5) is 11.4 Å². The van der Waals surface area contributed by atoms with Crippen LogP contribution in [0.25, 0.3) is 0 Å². The second-order valence-electron chi connectivity index (χ2n) is 11.5. The number of hydrogen-bond donors (Lipinski definition) is 0. The minimum Gasteiger partial charge on any atom is -0.372 e. The third-order valence-electron chi connectivity index (χ3n) is 8.72. The van der Waals surface area contributed by atoms with E-state index >= 15 is 0 Å². The van der Waals surface area contributed by atoms with E-state index in [1.165, 1.54) is 109 Å². The summed E-state index contributed by atoms with van der Waals surface area (Å²) in [6.07, 6.45) is 12.6. The predicted molar refractivity (Wildman–Crippen MR) is 129 cm³/mol. The minimum atomic E-state index is 0.538. The number of hydrogen-bond acceptors (Lipinski definition) is 3. The molecule has 4 aliphatic rings. The number of anilines is 2. The van der Waals surface area contributed by atoms with Crippen LogP contribution in [0.5, 0.6) is 0 Å². The number of rotatable bonds is 5. The molecular formula is C27H43N3. The van der Waals surface area contributed by atoms with Gasteiger partial charge in [-0.05, 0) is 92.4 Å². The normalized spacial score (nSPS) is 26.2. The van der Waals surface area contributed by atoms with Crippen LogP contribution in [-0.4, -0.2) is 50.7 Å². The molecule has 1 aromatic carbocycles. The van der Waals surface area contributed by atoms with Gasteiger partial charge in [-0.15, -0.1) is 0 Å². The molecule has 30 heavy (non-hydrogen) atoms. The molecule has 0 spiro atoms. The van der Waals surface area contributed by atoms with Gasteiger partial charge in [0.1, 0.15) is 0 Å². The van der Waals surface area contributed by atoms with E-state index < -0.39 is 0 Å². The van der Waals surface area contributed by atoms with Gasteiger partial charge in [0.2, 0.25) is 0 Å². The highest BCUT2D eigenvalue weighted by Gasteiger charge is 2.31. The average Bonchev–Trinajstić information content (AvgIpc) is 3.26. The SMILES string of the molecule is CC1(C)CCC(c2cc(N3CCCC3)ccc2N2CCN(CC3CCC3)CC2)CC1. The summed E-state index contributed by atoms with van der Waals surface area (Å²) in [4.78, 5) is 8.08. The third-order valence-corrected chi connectivity index (χ3v) is 8.72. The molecule has 4 fully saturated rings. The zero-order valence-corrected chi connectivity index (χ0v) is 19.5. The van der Waals surface area contributed by atoms with Gasteiger partial charge >= 0.3 is 0 Å². The van der Waals surface area contributed by atoms with Crippen molar-refractivity contribution in [2.24, 2.45) is 11.3 Å². The summed E-state index contributed by atoms with van der Waals surface area (Å²) in [5, 5.41) is 0. The summed E-state index contributed by atoms with van der Waals surface area (Å²) >= 11 is 0. The molecule has 2 aliphatic heterocycles. The molecule has 2 saturated carbocycles. The lowest BCUT2D eigenvalue weighted by Gasteiger charge is -2.41. The second-order valence-corrected chi connectivity index (χ2v) is 11.5. The van der Waals surface area contributed by atoms with E-state index in [1.807, 2.05) is 0 Å². The lowest BCUT2D eigenvalue weighted by atomic mass is 9.71. The van der Waals surface area contributed by atoms with Crippen LogP contribution in [0.15, 0.2) is 18.2 Å². The molecule has 2 saturated heterocycles. The highest BCUT2D eigenvalue weighted by molar-refractivity contribution is 5.64. The number of piperazine rings is 1. The average molecular weight is 410 g/mol. The molecule has 2 heterocycles. The van der Waals surface area contributed by atoms with E-state index in [2.05, 4.69) is 46.7 Å². The Kier molecular flexibility index (Phi) is 6.01. The van der Waals surface area contributed by atoms with Crippen molar-refractivity contribution in [3.8, 4) is 0 Å². The van der Waals surface area contributed by atoms with Crippen molar-refractivity contribution in [2.75, 3.05) is 55.6 Å². The summed E-state index contributed by atoms with van der Waals surface area (Å²) in [6, 6.07) is 7.52. The van der Waals surface area contributed by atoms with Crippen molar-refractivity contribution in [3.05, 3.63) is 23.8 Å². The van der Waals surface area contributed by atoms with E-state index in [0.29, 0.717) is 5.41 Å². The summed E-state index contributed by atoms with van der Waals surface area (Å²) in [5.41, 5.74) is 5.25. The Morgan fingerprint density at radius 2 is 1.50 bits per heavy atom. The predicted octanol–water partition coefficient (Wildman–Crippen LogP) is 5.89. The van der Waals surface area contributed by atoms with Gasteiger partial charge in [-0.25, -0.2) is 0 Å². The minimum absolute atomic E-state index is 0.538. The molecule has 0 amide bonds. The number of benzene rings is 1. The smallest absolute Gasteiger partial charge is 0.0404 e. The van der Waals surface area contributed by atoms with Crippen molar-refractivity contribution in [3.63, 3.8) is 0 Å². The van der Waals surface area contributed by atoms with Crippen LogP contribution >= 0.6 is 0 Å². The lowest BCUT2D eigenvalue weighted by molar-refractivity contribution is 0.170. The Balaban J connectivity index is 1.33. The monoisotopic (exact) mass is 409 g/mol. The number of nitrogens with zero attached hydrogens (tertiary/aromatic N) is 3. The Morgan fingerprint density at radius 3 is 2.13 bits per heavy atom. The molecule has 2 aliphatic carbocycles. The van der Waals surface area contributed by atoms with Crippen molar-refractivity contribution >= 4 is 11.4 Å². The molecule has 0 atom stereocenters. The first-order valence-electron chi connectivity index (χ1n) is 12.9. The van der Waals surface area contributed by atoms with E-state index in [1.54, 1.807) is 11.3 Å². The standard InChI is InChI=1S/C27H43N3/c1-27(2)12-10-23(11-13-27)25-20-24(29-14-3-4-15-29)8-9-26(25)30-18-16-28(17-19-30)21-22-6-5-7-22/h8-9,20,22-23H,3-7,10-19,21H2,1-2H3. The molecule has 5 rings (SSSR count). The van der Waals surface area contributed by atoms with E-state index in [4.69, 9.17) is 0 Å². The molecule has 0 N–H and O–H groups in total. The second kappa shape index (κ2) is 8.73. The van der Waals surface area contributed by atoms with E-state index in [-0.39, 0.29) is 0 Å². The van der Waals surface area contributed by atoms with Crippen molar-refractivity contribution in [1.82, 2.24) is 4.90 Å². The van der Waals surface area contributed by atoms with Gasteiger partial charge in [-0.3, -0.25) is 4.90 Å². The van der Waals surface area contributed by atoms with Crippen LogP contribution in [0.1, 0.15) is 83.1 Å². The van der Waals surface area contributed by atoms with Gasteiger partial charge in [0.05, 0.1) is 0 Å². The molecular weight excluding hydrogens is 366 g/mol. The Morgan fingerprint density at radius 1 is 0.800 bits per heavy atom. The molecule has 1 aromatic rings. The first kappa shape index (κ1) is 20.7. The molecule has 3 nitrogen and oxygen atoms in total. The maximum absolute atomic E-state index is 2.74. The Bertz CT molecular complexity index is 699. The Labute approximate surface area is 184 Å². The maximum Gasteiger partial charge on any atom is 0.0404 e. The van der Waals surface area contributed by atoms with Crippen LogP contribution in [0, 0.1) is 11.3 Å². The fourth-order valence-corrected chi connectivity index (χ4v) is 6.25. The summed E-state index contributed by atoms with van der Waals surface area (Å²) in [5.74, 6) is 1.75. The lowest BCUT2D eigenvalue weighted by Crippen LogP contribution is -2.48. The van der Waals surface area contributed by atoms with E-state index in [9.17, 15) is 0 Å². The maximum atomic E-state index is 2.74. The summed E-state index contributed by atoms with van der Waals surface area (Å²) in [7, 11) is 0. The molecule has 0 bridgehead atoms. The van der Waals surface area contributed by atoms with Crippen LogP contribution in [0.3, 0.4) is 0 Å². The fourth-order valence-electron chi connectivity index (χ4n) is 6.25. The van der Waals surface area contributed by atoms with Gasteiger partial charge in [-0.2, -0.15) is 0 Å².